The fraction of sp³-hybridized carbons (Fsp3) is 0.273. The average molecular weight is 393 g/mol. The number of rotatable bonds is 4. The number of aromatic nitrogens is 1. The smallest absolute Gasteiger partial charge is 0.323 e. The number of ether oxygens (including phenoxy) is 2. The third-order valence-electron chi connectivity index (χ3n) is 4.60. The molecule has 0 saturated heterocycles. The van der Waals surface area contributed by atoms with Crippen LogP contribution in [0.4, 0.5) is 16.2 Å². The zero-order chi connectivity index (χ0) is 20.4. The Kier molecular flexibility index (Phi) is 5.12. The highest BCUT2D eigenvalue weighted by Crippen LogP contribution is 2.32. The van der Waals surface area contributed by atoms with E-state index in [9.17, 15) is 9.59 Å². The second-order valence-corrected chi connectivity index (χ2v) is 7.38. The first-order valence-electron chi connectivity index (χ1n) is 9.61. The van der Waals surface area contributed by atoms with Crippen molar-refractivity contribution in [1.29, 1.82) is 0 Å². The molecule has 0 radical (unpaired) electrons. The first-order valence-corrected chi connectivity index (χ1v) is 9.61. The van der Waals surface area contributed by atoms with E-state index in [1.807, 2.05) is 32.0 Å². The number of carbonyl (C=O) groups is 1. The molecule has 0 saturated carbocycles. The molecule has 7 nitrogen and oxygen atoms in total. The quantitative estimate of drug-likeness (QED) is 0.700. The van der Waals surface area contributed by atoms with Gasteiger partial charge in [0.05, 0.1) is 5.69 Å². The molecule has 0 aliphatic carbocycles. The van der Waals surface area contributed by atoms with Crippen molar-refractivity contribution in [3.8, 4) is 11.5 Å². The Morgan fingerprint density at radius 2 is 1.76 bits per heavy atom. The molecular formula is C22H23N3O4. The summed E-state index contributed by atoms with van der Waals surface area (Å²) in [4.78, 5) is 25.4. The van der Waals surface area contributed by atoms with Crippen LogP contribution in [-0.4, -0.2) is 23.8 Å². The maximum atomic E-state index is 12.7. The summed E-state index contributed by atoms with van der Waals surface area (Å²) < 4.78 is 12.7. The molecule has 2 amide bonds. The predicted molar refractivity (Wildman–Crippen MR) is 113 cm³/mol. The topological polar surface area (TPSA) is 81.6 Å². The van der Waals surface area contributed by atoms with Crippen molar-refractivity contribution in [2.75, 3.05) is 23.8 Å². The summed E-state index contributed by atoms with van der Waals surface area (Å²) in [5.41, 5.74) is 1.11. The summed E-state index contributed by atoms with van der Waals surface area (Å²) >= 11 is 0. The standard InChI is InChI=1S/C22H23N3O4/c1-14(2)12-25-13-18(16-5-3-4-6-17(16)21(25)26)24-22(27)23-15-7-8-19-20(11-15)29-10-9-28-19/h3-8,11,13-14H,9-10,12H2,1-2H3,(H2,23,24,27). The van der Waals surface area contributed by atoms with E-state index in [-0.39, 0.29) is 5.56 Å². The Labute approximate surface area is 168 Å². The lowest BCUT2D eigenvalue weighted by Gasteiger charge is -2.19. The number of hydrogen-bond acceptors (Lipinski definition) is 4. The van der Waals surface area contributed by atoms with Gasteiger partial charge in [-0.1, -0.05) is 32.0 Å². The minimum Gasteiger partial charge on any atom is -0.486 e. The van der Waals surface area contributed by atoms with Crippen LogP contribution in [0.1, 0.15) is 13.8 Å². The van der Waals surface area contributed by atoms with E-state index in [1.54, 1.807) is 35.0 Å². The summed E-state index contributed by atoms with van der Waals surface area (Å²) in [5.74, 6) is 1.56. The van der Waals surface area contributed by atoms with Crippen LogP contribution in [0.25, 0.3) is 10.8 Å². The van der Waals surface area contributed by atoms with Crippen LogP contribution in [0.15, 0.2) is 53.5 Å². The first kappa shape index (κ1) is 18.9. The number of nitrogens with zero attached hydrogens (tertiary/aromatic N) is 1. The van der Waals surface area contributed by atoms with Crippen LogP contribution in [0, 0.1) is 5.92 Å². The molecule has 1 aromatic heterocycles. The summed E-state index contributed by atoms with van der Waals surface area (Å²) in [5, 5.41) is 6.96. The maximum Gasteiger partial charge on any atom is 0.323 e. The molecule has 29 heavy (non-hydrogen) atoms. The van der Waals surface area contributed by atoms with E-state index in [0.717, 1.165) is 0 Å². The zero-order valence-electron chi connectivity index (χ0n) is 16.4. The summed E-state index contributed by atoms with van der Waals surface area (Å²) in [7, 11) is 0. The highest BCUT2D eigenvalue weighted by atomic mass is 16.6. The number of amides is 2. The van der Waals surface area contributed by atoms with E-state index in [2.05, 4.69) is 10.6 Å². The van der Waals surface area contributed by atoms with E-state index in [0.29, 0.717) is 59.3 Å². The molecule has 2 heterocycles. The Bertz CT molecular complexity index is 1120. The SMILES string of the molecule is CC(C)Cn1cc(NC(=O)Nc2ccc3c(c2)OCCO3)c2ccccc2c1=O. The predicted octanol–water partition coefficient (Wildman–Crippen LogP) is 4.07. The Morgan fingerprint density at radius 3 is 2.52 bits per heavy atom. The van der Waals surface area contributed by atoms with Gasteiger partial charge in [0.15, 0.2) is 11.5 Å². The van der Waals surface area contributed by atoms with Gasteiger partial charge in [-0.05, 0) is 24.1 Å². The van der Waals surface area contributed by atoms with Crippen molar-refractivity contribution in [3.63, 3.8) is 0 Å². The molecule has 150 valence electrons. The van der Waals surface area contributed by atoms with Crippen molar-refractivity contribution < 1.29 is 14.3 Å². The molecule has 0 spiro atoms. The summed E-state index contributed by atoms with van der Waals surface area (Å²) in [6, 6.07) is 12.1. The molecule has 2 N–H and O–H groups in total. The second kappa shape index (κ2) is 7.87. The number of carbonyl (C=O) groups excluding carboxylic acids is 1. The van der Waals surface area contributed by atoms with Crippen molar-refractivity contribution in [1.82, 2.24) is 4.57 Å². The summed E-state index contributed by atoms with van der Waals surface area (Å²) in [6.45, 7) is 5.65. The van der Waals surface area contributed by atoms with E-state index < -0.39 is 6.03 Å². The van der Waals surface area contributed by atoms with Crippen LogP contribution < -0.4 is 25.7 Å². The highest BCUT2D eigenvalue weighted by molar-refractivity contribution is 6.05. The number of pyridine rings is 1. The van der Waals surface area contributed by atoms with Crippen molar-refractivity contribution in [2.24, 2.45) is 5.92 Å². The molecule has 1 aliphatic heterocycles. The normalized spacial score (nSPS) is 12.8. The molecule has 2 aromatic carbocycles. The third-order valence-corrected chi connectivity index (χ3v) is 4.60. The molecule has 7 heteroatoms. The monoisotopic (exact) mass is 393 g/mol. The fourth-order valence-electron chi connectivity index (χ4n) is 3.38. The lowest BCUT2D eigenvalue weighted by molar-refractivity contribution is 0.171. The molecule has 0 atom stereocenters. The Balaban J connectivity index is 1.60. The molecule has 0 unspecified atom stereocenters. The third kappa shape index (κ3) is 4.03. The Hall–Kier alpha value is -3.48. The van der Waals surface area contributed by atoms with Gasteiger partial charge in [0.1, 0.15) is 13.2 Å². The first-order chi connectivity index (χ1) is 14.0. The van der Waals surface area contributed by atoms with Crippen molar-refractivity contribution in [3.05, 3.63) is 59.0 Å². The largest absolute Gasteiger partial charge is 0.486 e. The van der Waals surface area contributed by atoms with Gasteiger partial charge in [-0.15, -0.1) is 0 Å². The molecule has 3 aromatic rings. The van der Waals surface area contributed by atoms with Gasteiger partial charge in [-0.2, -0.15) is 0 Å². The van der Waals surface area contributed by atoms with Crippen molar-refractivity contribution in [2.45, 2.75) is 20.4 Å². The van der Waals surface area contributed by atoms with Gasteiger partial charge >= 0.3 is 6.03 Å². The number of urea groups is 1. The van der Waals surface area contributed by atoms with E-state index in [1.165, 1.54) is 0 Å². The fourth-order valence-corrected chi connectivity index (χ4v) is 3.38. The molecular weight excluding hydrogens is 370 g/mol. The minimum atomic E-state index is -0.401. The number of fused-ring (bicyclic) bond motifs is 2. The van der Waals surface area contributed by atoms with Gasteiger partial charge in [-0.3, -0.25) is 4.79 Å². The molecule has 0 fully saturated rings. The van der Waals surface area contributed by atoms with Crippen LogP contribution in [-0.2, 0) is 6.54 Å². The van der Waals surface area contributed by atoms with Crippen LogP contribution in [0.5, 0.6) is 11.5 Å². The van der Waals surface area contributed by atoms with Gasteiger partial charge in [0.2, 0.25) is 0 Å². The number of benzene rings is 2. The van der Waals surface area contributed by atoms with Gasteiger partial charge in [-0.25, -0.2) is 4.79 Å². The minimum absolute atomic E-state index is 0.0629. The van der Waals surface area contributed by atoms with Crippen LogP contribution in [0.3, 0.4) is 0 Å². The molecule has 1 aliphatic rings. The number of anilines is 2. The lowest BCUT2D eigenvalue weighted by atomic mass is 10.1. The zero-order valence-corrected chi connectivity index (χ0v) is 16.4. The average Bonchev–Trinajstić information content (AvgIpc) is 2.71. The summed E-state index contributed by atoms with van der Waals surface area (Å²) in [6.07, 6.45) is 1.70. The van der Waals surface area contributed by atoms with E-state index in [4.69, 9.17) is 9.47 Å². The Morgan fingerprint density at radius 1 is 1.03 bits per heavy atom. The number of hydrogen-bond donors (Lipinski definition) is 2. The van der Waals surface area contributed by atoms with Gasteiger partial charge < -0.3 is 24.7 Å². The van der Waals surface area contributed by atoms with Crippen molar-refractivity contribution >= 4 is 28.2 Å². The van der Waals surface area contributed by atoms with E-state index >= 15 is 0 Å². The van der Waals surface area contributed by atoms with Gasteiger partial charge in [0, 0.05) is 35.3 Å². The lowest BCUT2D eigenvalue weighted by Crippen LogP contribution is -2.25. The maximum absolute atomic E-state index is 12.7. The number of nitrogens with one attached hydrogen (secondary N) is 2. The van der Waals surface area contributed by atoms with Gasteiger partial charge in [0.25, 0.3) is 5.56 Å². The molecule has 0 bridgehead atoms. The molecule has 4 rings (SSSR count). The highest BCUT2D eigenvalue weighted by Gasteiger charge is 2.15. The van der Waals surface area contributed by atoms with Crippen LogP contribution >= 0.6 is 0 Å². The second-order valence-electron chi connectivity index (χ2n) is 7.38. The van der Waals surface area contributed by atoms with Crippen LogP contribution in [0.2, 0.25) is 0 Å².